The SMILES string of the molecule is CCCN1CCC(NCC(C)(C)N2CCOCC2)CC1. The molecule has 0 radical (unpaired) electrons. The molecule has 1 N–H and O–H groups in total. The van der Waals surface area contributed by atoms with Crippen LogP contribution >= 0.6 is 0 Å². The molecule has 0 spiro atoms. The molecule has 2 aliphatic rings. The summed E-state index contributed by atoms with van der Waals surface area (Å²) >= 11 is 0. The number of likely N-dealkylation sites (tertiary alicyclic amines) is 1. The van der Waals surface area contributed by atoms with E-state index in [4.69, 9.17) is 4.74 Å². The molecule has 0 aromatic rings. The van der Waals surface area contributed by atoms with E-state index in [0.717, 1.165) is 32.8 Å². The Balaban J connectivity index is 1.69. The highest BCUT2D eigenvalue weighted by molar-refractivity contribution is 4.87. The topological polar surface area (TPSA) is 27.7 Å². The summed E-state index contributed by atoms with van der Waals surface area (Å²) in [6.07, 6.45) is 3.89. The zero-order valence-electron chi connectivity index (χ0n) is 13.7. The molecule has 0 unspecified atom stereocenters. The van der Waals surface area contributed by atoms with Gasteiger partial charge < -0.3 is 15.0 Å². The first kappa shape index (κ1) is 16.2. The van der Waals surface area contributed by atoms with E-state index in [2.05, 4.69) is 35.9 Å². The average molecular weight is 283 g/mol. The van der Waals surface area contributed by atoms with Gasteiger partial charge in [-0.05, 0) is 52.7 Å². The summed E-state index contributed by atoms with van der Waals surface area (Å²) in [5, 5.41) is 3.81. The van der Waals surface area contributed by atoms with Crippen LogP contribution < -0.4 is 5.32 Å². The van der Waals surface area contributed by atoms with Crippen LogP contribution in [0, 0.1) is 0 Å². The molecule has 0 saturated carbocycles. The van der Waals surface area contributed by atoms with Crippen LogP contribution in [0.25, 0.3) is 0 Å². The summed E-state index contributed by atoms with van der Waals surface area (Å²) in [6, 6.07) is 0.712. The molecule has 0 atom stereocenters. The van der Waals surface area contributed by atoms with Gasteiger partial charge in [-0.2, -0.15) is 0 Å². The van der Waals surface area contributed by atoms with E-state index in [-0.39, 0.29) is 5.54 Å². The molecule has 0 aromatic carbocycles. The van der Waals surface area contributed by atoms with Crippen molar-refractivity contribution in [3.8, 4) is 0 Å². The average Bonchev–Trinajstić information content (AvgIpc) is 2.48. The number of ether oxygens (including phenoxy) is 1. The van der Waals surface area contributed by atoms with Crippen molar-refractivity contribution in [1.82, 2.24) is 15.1 Å². The first-order valence-electron chi connectivity index (χ1n) is 8.40. The minimum Gasteiger partial charge on any atom is -0.379 e. The Kier molecular flexibility index (Phi) is 6.27. The van der Waals surface area contributed by atoms with E-state index in [1.807, 2.05) is 0 Å². The fourth-order valence-electron chi connectivity index (χ4n) is 3.35. The van der Waals surface area contributed by atoms with Gasteiger partial charge in [-0.3, -0.25) is 4.90 Å². The van der Waals surface area contributed by atoms with E-state index >= 15 is 0 Å². The van der Waals surface area contributed by atoms with Crippen LogP contribution in [0.15, 0.2) is 0 Å². The van der Waals surface area contributed by atoms with E-state index in [0.29, 0.717) is 6.04 Å². The lowest BCUT2D eigenvalue weighted by Gasteiger charge is -2.42. The van der Waals surface area contributed by atoms with Gasteiger partial charge in [-0.1, -0.05) is 6.92 Å². The second kappa shape index (κ2) is 7.74. The van der Waals surface area contributed by atoms with Crippen molar-refractivity contribution in [2.75, 3.05) is 52.5 Å². The molecule has 4 nitrogen and oxygen atoms in total. The number of hydrogen-bond donors (Lipinski definition) is 1. The molecule has 2 fully saturated rings. The molecule has 0 bridgehead atoms. The summed E-state index contributed by atoms with van der Waals surface area (Å²) in [5.41, 5.74) is 0.240. The van der Waals surface area contributed by atoms with Gasteiger partial charge in [0.15, 0.2) is 0 Å². The number of rotatable bonds is 6. The van der Waals surface area contributed by atoms with Crippen LogP contribution in [-0.4, -0.2) is 73.9 Å². The smallest absolute Gasteiger partial charge is 0.0594 e. The maximum atomic E-state index is 5.46. The van der Waals surface area contributed by atoms with Crippen molar-refractivity contribution in [3.05, 3.63) is 0 Å². The zero-order valence-corrected chi connectivity index (χ0v) is 13.7. The van der Waals surface area contributed by atoms with E-state index in [1.54, 1.807) is 0 Å². The highest BCUT2D eigenvalue weighted by Crippen LogP contribution is 2.17. The van der Waals surface area contributed by atoms with Crippen LogP contribution in [0.4, 0.5) is 0 Å². The fraction of sp³-hybridized carbons (Fsp3) is 1.00. The molecule has 0 aliphatic carbocycles. The molecule has 2 rings (SSSR count). The summed E-state index contributed by atoms with van der Waals surface area (Å²) in [7, 11) is 0. The van der Waals surface area contributed by atoms with Crippen LogP contribution in [0.3, 0.4) is 0 Å². The maximum Gasteiger partial charge on any atom is 0.0594 e. The van der Waals surface area contributed by atoms with Crippen molar-refractivity contribution < 1.29 is 4.74 Å². The number of piperidine rings is 1. The van der Waals surface area contributed by atoms with E-state index in [1.165, 1.54) is 38.9 Å². The van der Waals surface area contributed by atoms with Gasteiger partial charge in [-0.25, -0.2) is 0 Å². The molecule has 2 heterocycles. The van der Waals surface area contributed by atoms with Crippen LogP contribution in [0.2, 0.25) is 0 Å². The minimum atomic E-state index is 0.240. The summed E-state index contributed by atoms with van der Waals surface area (Å²) < 4.78 is 5.46. The molecule has 2 saturated heterocycles. The van der Waals surface area contributed by atoms with Gasteiger partial charge in [0.1, 0.15) is 0 Å². The second-order valence-corrected chi connectivity index (χ2v) is 6.91. The third-order valence-electron chi connectivity index (χ3n) is 4.82. The van der Waals surface area contributed by atoms with Crippen LogP contribution in [-0.2, 0) is 4.74 Å². The molecular weight excluding hydrogens is 250 g/mol. The molecule has 20 heavy (non-hydrogen) atoms. The largest absolute Gasteiger partial charge is 0.379 e. The quantitative estimate of drug-likeness (QED) is 0.801. The van der Waals surface area contributed by atoms with Crippen LogP contribution in [0.1, 0.15) is 40.0 Å². The molecule has 2 aliphatic heterocycles. The highest BCUT2D eigenvalue weighted by Gasteiger charge is 2.29. The third kappa shape index (κ3) is 4.69. The molecule has 0 amide bonds. The van der Waals surface area contributed by atoms with Gasteiger partial charge in [0.2, 0.25) is 0 Å². The Morgan fingerprint density at radius 1 is 1.10 bits per heavy atom. The predicted molar refractivity (Wildman–Crippen MR) is 84.2 cm³/mol. The Hall–Kier alpha value is -0.160. The monoisotopic (exact) mass is 283 g/mol. The number of hydrogen-bond acceptors (Lipinski definition) is 4. The van der Waals surface area contributed by atoms with Gasteiger partial charge >= 0.3 is 0 Å². The summed E-state index contributed by atoms with van der Waals surface area (Å²) in [6.45, 7) is 15.8. The number of morpholine rings is 1. The Bertz CT molecular complexity index is 269. The Morgan fingerprint density at radius 3 is 2.35 bits per heavy atom. The van der Waals surface area contributed by atoms with E-state index in [9.17, 15) is 0 Å². The predicted octanol–water partition coefficient (Wildman–Crippen LogP) is 1.56. The van der Waals surface area contributed by atoms with Crippen molar-refractivity contribution in [3.63, 3.8) is 0 Å². The van der Waals surface area contributed by atoms with Crippen LogP contribution in [0.5, 0.6) is 0 Å². The van der Waals surface area contributed by atoms with E-state index < -0.39 is 0 Å². The lowest BCUT2D eigenvalue weighted by atomic mass is 9.99. The van der Waals surface area contributed by atoms with Gasteiger partial charge in [0.05, 0.1) is 13.2 Å². The van der Waals surface area contributed by atoms with Gasteiger partial charge in [0.25, 0.3) is 0 Å². The normalized spacial score (nSPS) is 24.1. The minimum absolute atomic E-state index is 0.240. The maximum absolute atomic E-state index is 5.46. The molecule has 118 valence electrons. The zero-order chi connectivity index (χ0) is 14.4. The number of nitrogens with one attached hydrogen (secondary N) is 1. The Morgan fingerprint density at radius 2 is 1.75 bits per heavy atom. The van der Waals surface area contributed by atoms with Crippen molar-refractivity contribution in [2.45, 2.75) is 51.6 Å². The molecular formula is C16H33N3O. The lowest BCUT2D eigenvalue weighted by Crippen LogP contribution is -2.56. The second-order valence-electron chi connectivity index (χ2n) is 6.91. The summed E-state index contributed by atoms with van der Waals surface area (Å²) in [4.78, 5) is 5.17. The fourth-order valence-corrected chi connectivity index (χ4v) is 3.35. The lowest BCUT2D eigenvalue weighted by molar-refractivity contribution is -0.0109. The van der Waals surface area contributed by atoms with Crippen molar-refractivity contribution in [2.24, 2.45) is 0 Å². The highest BCUT2D eigenvalue weighted by atomic mass is 16.5. The van der Waals surface area contributed by atoms with Crippen molar-refractivity contribution >= 4 is 0 Å². The van der Waals surface area contributed by atoms with Gasteiger partial charge in [0, 0.05) is 31.2 Å². The first-order chi connectivity index (χ1) is 9.62. The standard InChI is InChI=1S/C16H33N3O/c1-4-7-18-8-5-15(6-9-18)17-14-16(2,3)19-10-12-20-13-11-19/h15,17H,4-14H2,1-3H3. The van der Waals surface area contributed by atoms with Gasteiger partial charge in [-0.15, -0.1) is 0 Å². The molecule has 4 heteroatoms. The molecule has 0 aromatic heterocycles. The third-order valence-corrected chi connectivity index (χ3v) is 4.82. The Labute approximate surface area is 124 Å². The van der Waals surface area contributed by atoms with Crippen molar-refractivity contribution in [1.29, 1.82) is 0 Å². The summed E-state index contributed by atoms with van der Waals surface area (Å²) in [5.74, 6) is 0. The first-order valence-corrected chi connectivity index (χ1v) is 8.40. The number of nitrogens with zero attached hydrogens (tertiary/aromatic N) is 2.